The molecule has 0 aliphatic carbocycles. The van der Waals surface area contributed by atoms with E-state index in [-0.39, 0.29) is 19.2 Å². The van der Waals surface area contributed by atoms with Crippen LogP contribution in [0.15, 0.2) is 36.4 Å². The van der Waals surface area contributed by atoms with E-state index in [4.69, 9.17) is 25.8 Å². The van der Waals surface area contributed by atoms with Crippen molar-refractivity contribution in [3.8, 4) is 17.2 Å². The number of hydrogen-bond donors (Lipinski definition) is 2. The van der Waals surface area contributed by atoms with E-state index >= 15 is 0 Å². The van der Waals surface area contributed by atoms with Gasteiger partial charge in [0.1, 0.15) is 5.75 Å². The van der Waals surface area contributed by atoms with Gasteiger partial charge in [0.25, 0.3) is 0 Å². The van der Waals surface area contributed by atoms with Crippen molar-refractivity contribution < 1.29 is 23.8 Å². The quantitative estimate of drug-likeness (QED) is 0.725. The minimum absolute atomic E-state index is 0.115. The van der Waals surface area contributed by atoms with Crippen LogP contribution in [0.1, 0.15) is 11.1 Å². The molecule has 0 saturated heterocycles. The van der Waals surface area contributed by atoms with E-state index in [0.29, 0.717) is 33.5 Å². The van der Waals surface area contributed by atoms with E-state index < -0.39 is 5.91 Å². The van der Waals surface area contributed by atoms with Gasteiger partial charge in [-0.05, 0) is 48.4 Å². The van der Waals surface area contributed by atoms with Crippen molar-refractivity contribution in [2.24, 2.45) is 0 Å². The van der Waals surface area contributed by atoms with Crippen molar-refractivity contribution in [2.75, 3.05) is 25.8 Å². The van der Waals surface area contributed by atoms with Crippen molar-refractivity contribution in [1.82, 2.24) is 5.32 Å². The number of benzene rings is 2. The molecule has 0 bridgehead atoms. The van der Waals surface area contributed by atoms with Gasteiger partial charge < -0.3 is 24.8 Å². The fraction of sp³-hybridized carbons (Fsp3) is 0.200. The molecule has 0 fully saturated rings. The lowest BCUT2D eigenvalue weighted by atomic mass is 10.2. The highest BCUT2D eigenvalue weighted by molar-refractivity contribution is 6.32. The molecular weight excluding hydrogens is 384 g/mol. The predicted molar refractivity (Wildman–Crippen MR) is 106 cm³/mol. The lowest BCUT2D eigenvalue weighted by molar-refractivity contribution is -0.121. The summed E-state index contributed by atoms with van der Waals surface area (Å²) in [4.78, 5) is 24.1. The molecule has 3 rings (SSSR count). The van der Waals surface area contributed by atoms with Crippen LogP contribution in [-0.4, -0.2) is 32.3 Å². The molecule has 0 atom stereocenters. The van der Waals surface area contributed by atoms with E-state index in [1.807, 2.05) is 13.0 Å². The first kappa shape index (κ1) is 19.6. The summed E-state index contributed by atoms with van der Waals surface area (Å²) in [7, 11) is 1.52. The third-order valence-electron chi connectivity index (χ3n) is 3.93. The van der Waals surface area contributed by atoms with Crippen molar-refractivity contribution >= 4 is 35.2 Å². The third kappa shape index (κ3) is 4.75. The summed E-state index contributed by atoms with van der Waals surface area (Å²) in [6, 6.07) is 8.82. The van der Waals surface area contributed by atoms with Gasteiger partial charge in [-0.25, -0.2) is 0 Å². The molecule has 0 unspecified atom stereocenters. The van der Waals surface area contributed by atoms with Crippen LogP contribution in [0.25, 0.3) is 6.08 Å². The van der Waals surface area contributed by atoms with Gasteiger partial charge in [-0.2, -0.15) is 0 Å². The molecule has 146 valence electrons. The van der Waals surface area contributed by atoms with Gasteiger partial charge in [-0.1, -0.05) is 17.7 Å². The van der Waals surface area contributed by atoms with Gasteiger partial charge >= 0.3 is 0 Å². The standard InChI is InChI=1S/C20H19ClN2O5/c1-12-3-5-16(26-2)15(7-12)23-19(25)10-22-18(24)6-4-13-8-14(21)20-17(9-13)27-11-28-20/h3-9H,10-11H2,1-2H3,(H,22,24)(H,23,25)/b6-4+. The van der Waals surface area contributed by atoms with Gasteiger partial charge in [-0.15, -0.1) is 0 Å². The number of halogens is 1. The fourth-order valence-electron chi connectivity index (χ4n) is 2.60. The average Bonchev–Trinajstić information content (AvgIpc) is 3.14. The van der Waals surface area contributed by atoms with E-state index in [0.717, 1.165) is 5.56 Å². The highest BCUT2D eigenvalue weighted by Crippen LogP contribution is 2.40. The number of amides is 2. The summed E-state index contributed by atoms with van der Waals surface area (Å²) in [6.07, 6.45) is 2.89. The Hall–Kier alpha value is -3.19. The van der Waals surface area contributed by atoms with Gasteiger partial charge in [-0.3, -0.25) is 9.59 Å². The first-order valence-electron chi connectivity index (χ1n) is 8.46. The van der Waals surface area contributed by atoms with Crippen molar-refractivity contribution in [2.45, 2.75) is 6.92 Å². The normalized spacial score (nSPS) is 12.1. The summed E-state index contributed by atoms with van der Waals surface area (Å²) in [5.41, 5.74) is 2.20. The number of hydrogen-bond acceptors (Lipinski definition) is 5. The number of carbonyl (C=O) groups excluding carboxylic acids is 2. The Balaban J connectivity index is 1.54. The molecule has 2 amide bonds. The lowest BCUT2D eigenvalue weighted by Crippen LogP contribution is -2.31. The van der Waals surface area contributed by atoms with Crippen LogP contribution >= 0.6 is 11.6 Å². The Kier molecular flexibility index (Phi) is 6.06. The summed E-state index contributed by atoms with van der Waals surface area (Å²) in [5, 5.41) is 5.65. The highest BCUT2D eigenvalue weighted by atomic mass is 35.5. The Labute approximate surface area is 167 Å². The number of nitrogens with one attached hydrogen (secondary N) is 2. The number of fused-ring (bicyclic) bond motifs is 1. The molecule has 0 spiro atoms. The van der Waals surface area contributed by atoms with Gasteiger partial charge in [0.2, 0.25) is 18.6 Å². The number of ether oxygens (including phenoxy) is 3. The first-order valence-corrected chi connectivity index (χ1v) is 8.83. The monoisotopic (exact) mass is 402 g/mol. The molecule has 0 radical (unpaired) electrons. The molecule has 1 aliphatic rings. The fourth-order valence-corrected chi connectivity index (χ4v) is 2.87. The van der Waals surface area contributed by atoms with Crippen LogP contribution in [0, 0.1) is 6.92 Å². The van der Waals surface area contributed by atoms with Crippen molar-refractivity contribution in [1.29, 1.82) is 0 Å². The summed E-state index contributed by atoms with van der Waals surface area (Å²) in [6.45, 7) is 1.84. The Bertz CT molecular complexity index is 942. The zero-order valence-electron chi connectivity index (χ0n) is 15.4. The maximum atomic E-state index is 12.1. The zero-order chi connectivity index (χ0) is 20.1. The smallest absolute Gasteiger partial charge is 0.244 e. The third-order valence-corrected chi connectivity index (χ3v) is 4.21. The minimum atomic E-state index is -0.417. The first-order chi connectivity index (χ1) is 13.5. The van der Waals surface area contributed by atoms with Crippen LogP contribution in [-0.2, 0) is 9.59 Å². The van der Waals surface area contributed by atoms with Crippen LogP contribution < -0.4 is 24.8 Å². The summed E-state index contributed by atoms with van der Waals surface area (Å²) < 4.78 is 15.7. The SMILES string of the molecule is COc1ccc(C)cc1NC(=O)CNC(=O)/C=C/c1cc(Cl)c2c(c1)OCO2. The maximum absolute atomic E-state index is 12.1. The Morgan fingerprint density at radius 1 is 1.25 bits per heavy atom. The molecule has 0 saturated carbocycles. The summed E-state index contributed by atoms with van der Waals surface area (Å²) >= 11 is 6.10. The van der Waals surface area contributed by atoms with E-state index in [9.17, 15) is 9.59 Å². The van der Waals surface area contributed by atoms with Gasteiger partial charge in [0, 0.05) is 6.08 Å². The van der Waals surface area contributed by atoms with E-state index in [2.05, 4.69) is 10.6 Å². The van der Waals surface area contributed by atoms with Crippen LogP contribution in [0.4, 0.5) is 5.69 Å². The molecule has 28 heavy (non-hydrogen) atoms. The van der Waals surface area contributed by atoms with Gasteiger partial charge in [0.15, 0.2) is 11.5 Å². The molecule has 8 heteroatoms. The number of carbonyl (C=O) groups is 2. The van der Waals surface area contributed by atoms with Crippen molar-refractivity contribution in [3.05, 3.63) is 52.6 Å². The predicted octanol–water partition coefficient (Wildman–Crippen LogP) is 3.15. The number of anilines is 1. The van der Waals surface area contributed by atoms with Gasteiger partial charge in [0.05, 0.1) is 24.4 Å². The molecule has 1 heterocycles. The molecule has 2 N–H and O–H groups in total. The Morgan fingerprint density at radius 3 is 2.86 bits per heavy atom. The largest absolute Gasteiger partial charge is 0.495 e. The molecular formula is C20H19ClN2O5. The molecule has 1 aliphatic heterocycles. The molecule has 0 aromatic heterocycles. The average molecular weight is 403 g/mol. The second-order valence-electron chi connectivity index (χ2n) is 6.04. The van der Waals surface area contributed by atoms with Crippen molar-refractivity contribution in [3.63, 3.8) is 0 Å². The second-order valence-corrected chi connectivity index (χ2v) is 6.45. The Morgan fingerprint density at radius 2 is 2.07 bits per heavy atom. The van der Waals surface area contributed by atoms with E-state index in [1.54, 1.807) is 30.3 Å². The summed E-state index contributed by atoms with van der Waals surface area (Å²) in [5.74, 6) is 0.785. The topological polar surface area (TPSA) is 85.9 Å². The van der Waals surface area contributed by atoms with Crippen LogP contribution in [0.5, 0.6) is 17.2 Å². The molecule has 2 aromatic rings. The second kappa shape index (κ2) is 8.67. The lowest BCUT2D eigenvalue weighted by Gasteiger charge is -2.11. The zero-order valence-corrected chi connectivity index (χ0v) is 16.1. The maximum Gasteiger partial charge on any atom is 0.244 e. The number of methoxy groups -OCH3 is 1. The molecule has 2 aromatic carbocycles. The minimum Gasteiger partial charge on any atom is -0.495 e. The number of aryl methyl sites for hydroxylation is 1. The van der Waals surface area contributed by atoms with E-state index in [1.165, 1.54) is 13.2 Å². The highest BCUT2D eigenvalue weighted by Gasteiger charge is 2.17. The molecule has 7 nitrogen and oxygen atoms in total. The number of rotatable bonds is 6. The van der Waals surface area contributed by atoms with Crippen LogP contribution in [0.3, 0.4) is 0 Å². The van der Waals surface area contributed by atoms with Crippen LogP contribution in [0.2, 0.25) is 5.02 Å².